The number of nitrogens with zero attached hydrogens (tertiary/aromatic N) is 4. The van der Waals surface area contributed by atoms with Crippen molar-refractivity contribution < 1.29 is 0 Å². The van der Waals surface area contributed by atoms with E-state index in [1.165, 1.54) is 49.9 Å². The molecule has 0 bridgehead atoms. The Morgan fingerprint density at radius 3 is 1.74 bits per heavy atom. The molecule has 2 aliphatic rings. The van der Waals surface area contributed by atoms with Crippen LogP contribution >= 0.6 is 0 Å². The molecule has 4 heteroatoms. The molecule has 2 heterocycles. The van der Waals surface area contributed by atoms with Gasteiger partial charge in [-0.05, 0) is 80.9 Å². The highest BCUT2D eigenvalue weighted by molar-refractivity contribution is 6.03. The minimum absolute atomic E-state index is 0.416. The zero-order chi connectivity index (χ0) is 32.8. The Hall–Kier alpha value is -6.65. The molecule has 11 rings (SSSR count). The molecule has 50 heavy (non-hydrogen) atoms. The van der Waals surface area contributed by atoms with Gasteiger partial charge in [0, 0.05) is 21.9 Å². The summed E-state index contributed by atoms with van der Waals surface area (Å²) in [4.78, 5) is 10.1. The Kier molecular flexibility index (Phi) is 5.56. The Bertz CT molecular complexity index is 2750. The van der Waals surface area contributed by atoms with Gasteiger partial charge in [0.1, 0.15) is 0 Å². The molecule has 0 fully saturated rings. The molecule has 0 amide bonds. The highest BCUT2D eigenvalue weighted by Gasteiger charge is 2.52. The number of rotatable bonds is 3. The molecule has 0 N–H and O–H groups in total. The summed E-state index contributed by atoms with van der Waals surface area (Å²) in [5, 5.41) is 7.26. The summed E-state index contributed by atoms with van der Waals surface area (Å²) in [6.45, 7) is 0. The van der Waals surface area contributed by atoms with Gasteiger partial charge in [-0.1, -0.05) is 127 Å². The highest BCUT2D eigenvalue weighted by Crippen LogP contribution is 2.63. The van der Waals surface area contributed by atoms with Crippen LogP contribution in [0.3, 0.4) is 0 Å². The van der Waals surface area contributed by atoms with Crippen LogP contribution in [0.4, 0.5) is 0 Å². The first-order valence-corrected chi connectivity index (χ1v) is 17.0. The molecule has 2 aromatic heterocycles. The van der Waals surface area contributed by atoms with Crippen LogP contribution in [0.2, 0.25) is 0 Å². The van der Waals surface area contributed by atoms with Crippen LogP contribution in [0.1, 0.15) is 22.3 Å². The molecule has 0 radical (unpaired) electrons. The van der Waals surface area contributed by atoms with Crippen LogP contribution in [-0.2, 0) is 5.41 Å². The van der Waals surface area contributed by atoms with Gasteiger partial charge in [0.25, 0.3) is 0 Å². The lowest BCUT2D eigenvalue weighted by atomic mass is 9.70. The van der Waals surface area contributed by atoms with Crippen molar-refractivity contribution in [1.29, 1.82) is 0 Å². The fourth-order valence-electron chi connectivity index (χ4n) is 8.68. The SMILES string of the molecule is c1ccc(-c2nc(-c3ccc(-n4ncc5c6c(ccc54)-c4ccccc4C64c5ccccc5-c5ccccc54)cc3)nc3ccccc23)cc1. The molecule has 0 atom stereocenters. The summed E-state index contributed by atoms with van der Waals surface area (Å²) in [7, 11) is 0. The third-order valence-corrected chi connectivity index (χ3v) is 10.7. The predicted octanol–water partition coefficient (Wildman–Crippen LogP) is 10.6. The van der Waals surface area contributed by atoms with Crippen LogP contribution < -0.4 is 0 Å². The Balaban J connectivity index is 1.08. The van der Waals surface area contributed by atoms with Crippen molar-refractivity contribution in [2.45, 2.75) is 5.41 Å². The van der Waals surface area contributed by atoms with Gasteiger partial charge in [0.15, 0.2) is 5.82 Å². The van der Waals surface area contributed by atoms with E-state index < -0.39 is 5.41 Å². The lowest BCUT2D eigenvalue weighted by molar-refractivity contribution is 0.801. The van der Waals surface area contributed by atoms with Crippen molar-refractivity contribution in [1.82, 2.24) is 19.7 Å². The minimum Gasteiger partial charge on any atom is -0.233 e. The van der Waals surface area contributed by atoms with Crippen LogP contribution in [-0.4, -0.2) is 19.7 Å². The maximum absolute atomic E-state index is 5.09. The van der Waals surface area contributed by atoms with E-state index in [-0.39, 0.29) is 0 Å². The molecule has 2 aliphatic carbocycles. The largest absolute Gasteiger partial charge is 0.233 e. The monoisotopic (exact) mass is 636 g/mol. The van der Waals surface area contributed by atoms with Gasteiger partial charge in [0.05, 0.1) is 34.0 Å². The lowest BCUT2D eigenvalue weighted by Gasteiger charge is -2.30. The molecule has 0 aliphatic heterocycles. The fourth-order valence-corrected chi connectivity index (χ4v) is 8.68. The predicted molar refractivity (Wildman–Crippen MR) is 201 cm³/mol. The zero-order valence-electron chi connectivity index (χ0n) is 27.0. The van der Waals surface area contributed by atoms with E-state index in [1.54, 1.807) is 0 Å². The Morgan fingerprint density at radius 2 is 1.04 bits per heavy atom. The normalized spacial score (nSPS) is 13.4. The Morgan fingerprint density at radius 1 is 0.440 bits per heavy atom. The number of hydrogen-bond donors (Lipinski definition) is 0. The summed E-state index contributed by atoms with van der Waals surface area (Å²) >= 11 is 0. The van der Waals surface area contributed by atoms with Gasteiger partial charge in [0.2, 0.25) is 0 Å². The molecule has 232 valence electrons. The number of hydrogen-bond acceptors (Lipinski definition) is 3. The van der Waals surface area contributed by atoms with Crippen LogP contribution in [0.25, 0.3) is 72.4 Å². The first kappa shape index (κ1) is 27.3. The van der Waals surface area contributed by atoms with Crippen molar-refractivity contribution in [2.75, 3.05) is 0 Å². The van der Waals surface area contributed by atoms with E-state index in [9.17, 15) is 0 Å². The van der Waals surface area contributed by atoms with Crippen LogP contribution in [0.15, 0.2) is 170 Å². The molecule has 4 nitrogen and oxygen atoms in total. The van der Waals surface area contributed by atoms with E-state index in [0.717, 1.165) is 38.9 Å². The lowest BCUT2D eigenvalue weighted by Crippen LogP contribution is -2.26. The van der Waals surface area contributed by atoms with E-state index in [1.807, 2.05) is 18.2 Å². The molecule has 9 aromatic rings. The van der Waals surface area contributed by atoms with Crippen molar-refractivity contribution >= 4 is 21.8 Å². The standard InChI is InChI=1S/C46H28N4/c1-2-12-29(13-3-1)44-36-17-7-11-21-41(36)48-45(49-44)30-22-24-31(25-23-30)50-42-27-26-35-34-16-6-10-20-40(34)46(43(35)37(42)28-47-50)38-18-8-4-14-32(38)33-15-5-9-19-39(33)46/h1-28H. The number of fused-ring (bicyclic) bond motifs is 13. The van der Waals surface area contributed by atoms with Gasteiger partial charge < -0.3 is 0 Å². The van der Waals surface area contributed by atoms with E-state index in [0.29, 0.717) is 5.82 Å². The van der Waals surface area contributed by atoms with E-state index in [2.05, 4.69) is 156 Å². The first-order chi connectivity index (χ1) is 24.8. The third-order valence-electron chi connectivity index (χ3n) is 10.7. The Labute approximate surface area is 289 Å². The quantitative estimate of drug-likeness (QED) is 0.194. The number of aromatic nitrogens is 4. The summed E-state index contributed by atoms with van der Waals surface area (Å²) < 4.78 is 2.07. The van der Waals surface area contributed by atoms with Gasteiger partial charge in [-0.15, -0.1) is 0 Å². The second kappa shape index (κ2) is 10.2. The summed E-state index contributed by atoms with van der Waals surface area (Å²) in [6, 6.07) is 58.4. The second-order valence-corrected chi connectivity index (χ2v) is 13.2. The molecular weight excluding hydrogens is 609 g/mol. The zero-order valence-corrected chi connectivity index (χ0v) is 27.0. The minimum atomic E-state index is -0.416. The van der Waals surface area contributed by atoms with Gasteiger partial charge in [-0.2, -0.15) is 5.10 Å². The van der Waals surface area contributed by atoms with E-state index in [4.69, 9.17) is 15.1 Å². The average Bonchev–Trinajstić information content (AvgIpc) is 3.85. The van der Waals surface area contributed by atoms with Crippen molar-refractivity contribution in [3.8, 4) is 50.6 Å². The average molecular weight is 637 g/mol. The molecule has 0 saturated heterocycles. The van der Waals surface area contributed by atoms with Crippen molar-refractivity contribution in [3.05, 3.63) is 192 Å². The summed E-state index contributed by atoms with van der Waals surface area (Å²) in [5.41, 5.74) is 16.0. The second-order valence-electron chi connectivity index (χ2n) is 13.2. The summed E-state index contributed by atoms with van der Waals surface area (Å²) in [6.07, 6.45) is 2.07. The van der Waals surface area contributed by atoms with Gasteiger partial charge in [-0.25, -0.2) is 14.6 Å². The van der Waals surface area contributed by atoms with Crippen LogP contribution in [0, 0.1) is 0 Å². The van der Waals surface area contributed by atoms with Crippen LogP contribution in [0.5, 0.6) is 0 Å². The first-order valence-electron chi connectivity index (χ1n) is 17.0. The topological polar surface area (TPSA) is 43.6 Å². The molecule has 1 spiro atoms. The van der Waals surface area contributed by atoms with Gasteiger partial charge in [-0.3, -0.25) is 0 Å². The number of benzene rings is 7. The van der Waals surface area contributed by atoms with E-state index >= 15 is 0 Å². The number of para-hydroxylation sites is 1. The maximum atomic E-state index is 5.09. The highest BCUT2D eigenvalue weighted by atomic mass is 15.3. The molecule has 0 unspecified atom stereocenters. The molecule has 0 saturated carbocycles. The third kappa shape index (κ3) is 3.57. The summed E-state index contributed by atoms with van der Waals surface area (Å²) in [5.74, 6) is 0.704. The fraction of sp³-hybridized carbons (Fsp3) is 0.0217. The molecular formula is C46H28N4. The van der Waals surface area contributed by atoms with Crippen molar-refractivity contribution in [2.24, 2.45) is 0 Å². The molecule has 7 aromatic carbocycles. The smallest absolute Gasteiger partial charge is 0.160 e. The maximum Gasteiger partial charge on any atom is 0.160 e. The van der Waals surface area contributed by atoms with Crippen molar-refractivity contribution in [3.63, 3.8) is 0 Å². The van der Waals surface area contributed by atoms with Gasteiger partial charge >= 0.3 is 0 Å².